The van der Waals surface area contributed by atoms with E-state index in [1.54, 1.807) is 0 Å². The lowest BCUT2D eigenvalue weighted by Crippen LogP contribution is -2.30. The molecule has 0 spiro atoms. The second-order valence-electron chi connectivity index (χ2n) is 8.32. The van der Waals surface area contributed by atoms with E-state index in [2.05, 4.69) is 10.1 Å². The minimum atomic E-state index is -4.93. The minimum Gasteiger partial charge on any atom is -0.507 e. The molecule has 3 aromatic rings. The van der Waals surface area contributed by atoms with Gasteiger partial charge in [-0.3, -0.25) is 0 Å². The number of hydrogen-bond acceptors (Lipinski definition) is 6. The molecule has 2 unspecified atom stereocenters. The van der Waals surface area contributed by atoms with E-state index >= 15 is 0 Å². The van der Waals surface area contributed by atoms with Gasteiger partial charge in [0, 0.05) is 24.1 Å². The molecule has 0 bridgehead atoms. The Balaban J connectivity index is 1.27. The molecule has 190 valence electrons. The van der Waals surface area contributed by atoms with E-state index in [1.807, 2.05) is 48.5 Å². The number of hydrogen-bond donors (Lipinski definition) is 4. The predicted octanol–water partition coefficient (Wildman–Crippen LogP) is 4.61. The average molecular weight is 503 g/mol. The van der Waals surface area contributed by atoms with Gasteiger partial charge < -0.3 is 30.1 Å². The van der Waals surface area contributed by atoms with Gasteiger partial charge in [0.05, 0.1) is 6.10 Å². The molecule has 4 rings (SSSR count). The van der Waals surface area contributed by atoms with E-state index in [4.69, 9.17) is 4.74 Å². The number of benzene rings is 3. The van der Waals surface area contributed by atoms with E-state index in [0.29, 0.717) is 6.07 Å². The van der Waals surface area contributed by atoms with Crippen LogP contribution in [-0.4, -0.2) is 47.0 Å². The number of aliphatic hydroxyl groups is 2. The molecule has 0 aromatic heterocycles. The molecular formula is C26H24F3NO6. The zero-order chi connectivity index (χ0) is 25.9. The van der Waals surface area contributed by atoms with Crippen LogP contribution in [0.5, 0.6) is 11.5 Å². The van der Waals surface area contributed by atoms with Crippen molar-refractivity contribution in [2.45, 2.75) is 30.9 Å². The summed E-state index contributed by atoms with van der Waals surface area (Å²) in [4.78, 5) is 12.2. The van der Waals surface area contributed by atoms with Crippen molar-refractivity contribution >= 4 is 6.09 Å². The first-order valence-corrected chi connectivity index (χ1v) is 11.2. The zero-order valence-corrected chi connectivity index (χ0v) is 18.9. The molecule has 2 atom stereocenters. The Morgan fingerprint density at radius 1 is 0.972 bits per heavy atom. The first-order chi connectivity index (χ1) is 17.1. The van der Waals surface area contributed by atoms with Crippen molar-refractivity contribution in [3.8, 4) is 22.6 Å². The number of carbonyl (C=O) groups excluding carboxylic acids is 1. The molecule has 36 heavy (non-hydrogen) atoms. The van der Waals surface area contributed by atoms with Crippen LogP contribution in [0.1, 0.15) is 35.1 Å². The van der Waals surface area contributed by atoms with Gasteiger partial charge in [0.1, 0.15) is 24.2 Å². The molecule has 0 saturated carbocycles. The van der Waals surface area contributed by atoms with Crippen LogP contribution < -0.4 is 10.1 Å². The van der Waals surface area contributed by atoms with Crippen molar-refractivity contribution in [1.29, 1.82) is 0 Å². The Morgan fingerprint density at radius 3 is 2.17 bits per heavy atom. The second kappa shape index (κ2) is 10.5. The van der Waals surface area contributed by atoms with Crippen LogP contribution in [0.15, 0.2) is 66.7 Å². The Labute approximate surface area is 204 Å². The number of aromatic hydroxyl groups is 1. The highest BCUT2D eigenvalue weighted by atomic mass is 19.4. The lowest BCUT2D eigenvalue weighted by Gasteiger charge is -2.20. The van der Waals surface area contributed by atoms with Gasteiger partial charge in [-0.15, -0.1) is 13.2 Å². The van der Waals surface area contributed by atoms with Crippen LogP contribution in [0.25, 0.3) is 11.1 Å². The fourth-order valence-corrected chi connectivity index (χ4v) is 4.31. The van der Waals surface area contributed by atoms with E-state index in [1.165, 1.54) is 0 Å². The fourth-order valence-electron chi connectivity index (χ4n) is 4.31. The van der Waals surface area contributed by atoms with Crippen molar-refractivity contribution in [2.24, 2.45) is 0 Å². The third kappa shape index (κ3) is 5.72. The summed E-state index contributed by atoms with van der Waals surface area (Å²) in [6.07, 6.45) is -8.76. The third-order valence-corrected chi connectivity index (χ3v) is 5.97. The van der Waals surface area contributed by atoms with Gasteiger partial charge >= 0.3 is 12.5 Å². The summed E-state index contributed by atoms with van der Waals surface area (Å²) < 4.78 is 46.0. The molecule has 0 radical (unpaired) electrons. The number of carbonyl (C=O) groups is 1. The molecule has 0 fully saturated rings. The monoisotopic (exact) mass is 503 g/mol. The molecule has 1 aliphatic rings. The topological polar surface area (TPSA) is 108 Å². The van der Waals surface area contributed by atoms with Gasteiger partial charge in [0.15, 0.2) is 0 Å². The molecule has 1 amide bonds. The smallest absolute Gasteiger partial charge is 0.507 e. The van der Waals surface area contributed by atoms with Gasteiger partial charge in [-0.25, -0.2) is 4.79 Å². The van der Waals surface area contributed by atoms with Crippen LogP contribution in [0.4, 0.5) is 18.0 Å². The molecule has 0 saturated heterocycles. The number of alkyl halides is 3. The highest BCUT2D eigenvalue weighted by Gasteiger charge is 2.32. The molecule has 7 nitrogen and oxygen atoms in total. The number of ether oxygens (including phenoxy) is 2. The number of halogens is 3. The largest absolute Gasteiger partial charge is 0.573 e. The Hall–Kier alpha value is -3.76. The first-order valence-electron chi connectivity index (χ1n) is 11.2. The van der Waals surface area contributed by atoms with Gasteiger partial charge in [0.25, 0.3) is 0 Å². The van der Waals surface area contributed by atoms with Crippen molar-refractivity contribution in [1.82, 2.24) is 5.32 Å². The third-order valence-electron chi connectivity index (χ3n) is 5.97. The number of nitrogens with one attached hydrogen (secondary N) is 1. The Kier molecular flexibility index (Phi) is 7.37. The summed E-state index contributed by atoms with van der Waals surface area (Å²) in [6.45, 7) is 0.0657. The van der Waals surface area contributed by atoms with Crippen molar-refractivity contribution in [2.75, 3.05) is 13.2 Å². The van der Waals surface area contributed by atoms with Crippen LogP contribution in [-0.2, 0) is 4.74 Å². The summed E-state index contributed by atoms with van der Waals surface area (Å²) in [5, 5.41) is 32.9. The maximum absolute atomic E-state index is 12.3. The van der Waals surface area contributed by atoms with Crippen molar-refractivity contribution in [3.05, 3.63) is 83.4 Å². The lowest BCUT2D eigenvalue weighted by molar-refractivity contribution is -0.274. The van der Waals surface area contributed by atoms with E-state index < -0.39 is 36.2 Å². The lowest BCUT2D eigenvalue weighted by atomic mass is 9.98. The normalized spacial score (nSPS) is 14.5. The first kappa shape index (κ1) is 25.3. The maximum Gasteiger partial charge on any atom is 0.573 e. The highest BCUT2D eigenvalue weighted by molar-refractivity contribution is 5.79. The molecule has 0 heterocycles. The van der Waals surface area contributed by atoms with Crippen LogP contribution in [0.2, 0.25) is 0 Å². The molecular weight excluding hydrogens is 479 g/mol. The summed E-state index contributed by atoms with van der Waals surface area (Å²) >= 11 is 0. The van der Waals surface area contributed by atoms with Crippen molar-refractivity contribution in [3.63, 3.8) is 0 Å². The van der Waals surface area contributed by atoms with Gasteiger partial charge in [-0.2, -0.15) is 0 Å². The van der Waals surface area contributed by atoms with Crippen LogP contribution in [0, 0.1) is 0 Å². The van der Waals surface area contributed by atoms with Crippen molar-refractivity contribution < 1.29 is 42.8 Å². The van der Waals surface area contributed by atoms with E-state index in [9.17, 15) is 33.3 Å². The van der Waals surface area contributed by atoms with Gasteiger partial charge in [-0.05, 0) is 40.8 Å². The minimum absolute atomic E-state index is 0.0507. The van der Waals surface area contributed by atoms with Gasteiger partial charge in [0.2, 0.25) is 0 Å². The quantitative estimate of drug-likeness (QED) is 0.358. The molecule has 1 aliphatic carbocycles. The molecule has 0 aliphatic heterocycles. The van der Waals surface area contributed by atoms with E-state index in [0.717, 1.165) is 34.4 Å². The summed E-state index contributed by atoms with van der Waals surface area (Å²) in [5.74, 6) is -1.45. The highest BCUT2D eigenvalue weighted by Crippen LogP contribution is 2.44. The van der Waals surface area contributed by atoms with Gasteiger partial charge in [-0.1, -0.05) is 48.5 Å². The molecule has 10 heteroatoms. The number of phenols is 1. The summed E-state index contributed by atoms with van der Waals surface area (Å²) in [5.41, 5.74) is 4.15. The molecule has 4 N–H and O–H groups in total. The average Bonchev–Trinajstić information content (AvgIpc) is 3.15. The number of alkyl carbamates (subject to hydrolysis) is 1. The SMILES string of the molecule is O=C(NCCC(O)C(O)c1ccc(OC(F)(F)F)cc1O)OCC1c2ccccc2-c2ccccc21. The second-order valence-corrected chi connectivity index (χ2v) is 8.32. The number of phenolic OH excluding ortho intramolecular Hbond substituents is 1. The number of rotatable bonds is 8. The predicted molar refractivity (Wildman–Crippen MR) is 123 cm³/mol. The standard InChI is InChI=1S/C26H24F3NO6/c27-26(28,29)36-15-9-10-20(23(32)13-15)24(33)22(31)11-12-30-25(34)35-14-21-18-7-3-1-5-16(18)17-6-2-4-8-19(17)21/h1-10,13,21-22,24,31-33H,11-12,14H2,(H,30,34). The summed E-state index contributed by atoms with van der Waals surface area (Å²) in [6, 6.07) is 18.4. The maximum atomic E-state index is 12.3. The van der Waals surface area contributed by atoms with E-state index in [-0.39, 0.29) is 31.1 Å². The van der Waals surface area contributed by atoms with Crippen LogP contribution in [0.3, 0.4) is 0 Å². The van der Waals surface area contributed by atoms with Crippen LogP contribution >= 0.6 is 0 Å². The summed E-state index contributed by atoms with van der Waals surface area (Å²) in [7, 11) is 0. The Morgan fingerprint density at radius 2 is 1.58 bits per heavy atom. The zero-order valence-electron chi connectivity index (χ0n) is 18.9. The fraction of sp³-hybridized carbons (Fsp3) is 0.269. The number of aliphatic hydroxyl groups excluding tert-OH is 2. The number of amides is 1. The molecule has 3 aromatic carbocycles. The number of fused-ring (bicyclic) bond motifs is 3. The Bertz CT molecular complexity index is 1190.